The number of halogens is 1. The van der Waals surface area contributed by atoms with E-state index in [0.717, 1.165) is 5.69 Å². The maximum absolute atomic E-state index is 13.4. The van der Waals surface area contributed by atoms with Crippen molar-refractivity contribution in [2.24, 2.45) is 0 Å². The fourth-order valence-electron chi connectivity index (χ4n) is 2.19. The molecule has 1 aliphatic heterocycles. The lowest BCUT2D eigenvalue weighted by Crippen LogP contribution is -2.53. The number of nitrogens with two attached hydrogens (primary N) is 1. The van der Waals surface area contributed by atoms with Gasteiger partial charge in [0.05, 0.1) is 5.69 Å². The Balaban J connectivity index is 2.12. The van der Waals surface area contributed by atoms with Crippen LogP contribution in [-0.4, -0.2) is 41.8 Å². The molecular formula is C12H16FN3O2. The van der Waals surface area contributed by atoms with Crippen LogP contribution in [0.25, 0.3) is 0 Å². The lowest BCUT2D eigenvalue weighted by atomic mass is 10.1. The number of hydrogen-bond donors (Lipinski definition) is 2. The van der Waals surface area contributed by atoms with Crippen LogP contribution in [0.15, 0.2) is 18.2 Å². The second-order valence-electron chi connectivity index (χ2n) is 4.48. The van der Waals surface area contributed by atoms with E-state index in [2.05, 4.69) is 0 Å². The lowest BCUT2D eigenvalue weighted by Gasteiger charge is -2.39. The minimum absolute atomic E-state index is 0.114. The number of hydrogen-bond acceptors (Lipinski definition) is 3. The SMILES string of the molecule is CC1CN(c2ccc(N)c(F)c2)CCN1C(=O)O. The fraction of sp³-hybridized carbons (Fsp3) is 0.417. The minimum atomic E-state index is -0.911. The van der Waals surface area contributed by atoms with E-state index in [1.807, 2.05) is 11.8 Å². The molecule has 1 fully saturated rings. The summed E-state index contributed by atoms with van der Waals surface area (Å²) in [6, 6.07) is 4.55. The van der Waals surface area contributed by atoms with E-state index < -0.39 is 11.9 Å². The van der Waals surface area contributed by atoms with E-state index in [-0.39, 0.29) is 11.7 Å². The van der Waals surface area contributed by atoms with Gasteiger partial charge in [-0.1, -0.05) is 0 Å². The molecule has 2 rings (SSSR count). The van der Waals surface area contributed by atoms with Gasteiger partial charge in [-0.05, 0) is 25.1 Å². The van der Waals surface area contributed by atoms with Crippen LogP contribution in [0.1, 0.15) is 6.92 Å². The van der Waals surface area contributed by atoms with Crippen molar-refractivity contribution in [2.45, 2.75) is 13.0 Å². The number of anilines is 2. The standard InChI is InChI=1S/C12H16FN3O2/c1-8-7-15(4-5-16(8)12(17)18)9-2-3-11(14)10(13)6-9/h2-3,6,8H,4-5,7,14H2,1H3,(H,17,18). The van der Waals surface area contributed by atoms with E-state index in [1.54, 1.807) is 6.07 Å². The summed E-state index contributed by atoms with van der Waals surface area (Å²) in [5, 5.41) is 8.98. The van der Waals surface area contributed by atoms with Gasteiger partial charge < -0.3 is 20.6 Å². The second kappa shape index (κ2) is 4.72. The molecule has 3 N–H and O–H groups in total. The molecule has 0 aromatic heterocycles. The molecule has 0 radical (unpaired) electrons. The second-order valence-corrected chi connectivity index (χ2v) is 4.48. The number of amides is 1. The van der Waals surface area contributed by atoms with Crippen LogP contribution >= 0.6 is 0 Å². The van der Waals surface area contributed by atoms with Gasteiger partial charge in [0.1, 0.15) is 5.82 Å². The first-order chi connectivity index (χ1) is 8.49. The average Bonchev–Trinajstić information content (AvgIpc) is 2.32. The Morgan fingerprint density at radius 2 is 2.22 bits per heavy atom. The highest BCUT2D eigenvalue weighted by Crippen LogP contribution is 2.22. The third kappa shape index (κ3) is 2.32. The maximum Gasteiger partial charge on any atom is 0.407 e. The van der Waals surface area contributed by atoms with Crippen molar-refractivity contribution in [3.8, 4) is 0 Å². The maximum atomic E-state index is 13.4. The number of nitrogen functional groups attached to an aromatic ring is 1. The molecule has 1 amide bonds. The van der Waals surface area contributed by atoms with Gasteiger partial charge in [0.15, 0.2) is 0 Å². The molecule has 0 bridgehead atoms. The molecule has 5 nitrogen and oxygen atoms in total. The Hall–Kier alpha value is -1.98. The molecule has 98 valence electrons. The zero-order valence-electron chi connectivity index (χ0n) is 10.1. The van der Waals surface area contributed by atoms with Gasteiger partial charge in [0.25, 0.3) is 0 Å². The van der Waals surface area contributed by atoms with Crippen molar-refractivity contribution in [2.75, 3.05) is 30.3 Å². The van der Waals surface area contributed by atoms with E-state index in [9.17, 15) is 9.18 Å². The topological polar surface area (TPSA) is 69.8 Å². The Bertz CT molecular complexity index is 467. The Morgan fingerprint density at radius 3 is 2.78 bits per heavy atom. The van der Waals surface area contributed by atoms with Gasteiger partial charge in [-0.2, -0.15) is 0 Å². The number of carbonyl (C=O) groups is 1. The molecule has 0 spiro atoms. The quantitative estimate of drug-likeness (QED) is 0.746. The predicted molar refractivity (Wildman–Crippen MR) is 67.2 cm³/mol. The molecule has 1 atom stereocenters. The predicted octanol–water partition coefficient (Wildman–Crippen LogP) is 1.60. The summed E-state index contributed by atoms with van der Waals surface area (Å²) in [4.78, 5) is 14.3. The highest BCUT2D eigenvalue weighted by Gasteiger charge is 2.27. The van der Waals surface area contributed by atoms with Crippen LogP contribution in [0, 0.1) is 5.82 Å². The van der Waals surface area contributed by atoms with Crippen molar-refractivity contribution >= 4 is 17.5 Å². The summed E-state index contributed by atoms with van der Waals surface area (Å²) in [5.74, 6) is -0.444. The largest absolute Gasteiger partial charge is 0.465 e. The number of carboxylic acid groups (broad SMARTS) is 1. The first kappa shape index (κ1) is 12.5. The van der Waals surface area contributed by atoms with Crippen molar-refractivity contribution in [3.05, 3.63) is 24.0 Å². The fourth-order valence-corrected chi connectivity index (χ4v) is 2.19. The zero-order valence-corrected chi connectivity index (χ0v) is 10.1. The first-order valence-corrected chi connectivity index (χ1v) is 5.78. The van der Waals surface area contributed by atoms with Crippen molar-refractivity contribution in [1.29, 1.82) is 0 Å². The Labute approximate surface area is 105 Å². The van der Waals surface area contributed by atoms with Gasteiger partial charge in [-0.15, -0.1) is 0 Å². The average molecular weight is 253 g/mol. The van der Waals surface area contributed by atoms with E-state index in [0.29, 0.717) is 19.6 Å². The van der Waals surface area contributed by atoms with Gasteiger partial charge in [-0.3, -0.25) is 0 Å². The van der Waals surface area contributed by atoms with Gasteiger partial charge in [-0.25, -0.2) is 9.18 Å². The Morgan fingerprint density at radius 1 is 1.50 bits per heavy atom. The van der Waals surface area contributed by atoms with Crippen molar-refractivity contribution in [3.63, 3.8) is 0 Å². The molecule has 0 saturated carbocycles. The summed E-state index contributed by atoms with van der Waals surface area (Å²) in [6.07, 6.45) is -0.911. The number of rotatable bonds is 1. The molecule has 18 heavy (non-hydrogen) atoms. The van der Waals surface area contributed by atoms with E-state index in [1.165, 1.54) is 17.0 Å². The molecule has 1 saturated heterocycles. The molecule has 0 aliphatic carbocycles. The highest BCUT2D eigenvalue weighted by molar-refractivity contribution is 5.66. The van der Waals surface area contributed by atoms with Crippen LogP contribution in [0.4, 0.5) is 20.6 Å². The first-order valence-electron chi connectivity index (χ1n) is 5.78. The monoisotopic (exact) mass is 253 g/mol. The van der Waals surface area contributed by atoms with Crippen LogP contribution < -0.4 is 10.6 Å². The van der Waals surface area contributed by atoms with Gasteiger partial charge in [0.2, 0.25) is 0 Å². The van der Waals surface area contributed by atoms with Crippen molar-refractivity contribution < 1.29 is 14.3 Å². The summed E-state index contributed by atoms with van der Waals surface area (Å²) < 4.78 is 13.4. The molecule has 1 aromatic carbocycles. The van der Waals surface area contributed by atoms with Crippen LogP contribution in [-0.2, 0) is 0 Å². The van der Waals surface area contributed by atoms with Crippen LogP contribution in [0.3, 0.4) is 0 Å². The highest BCUT2D eigenvalue weighted by atomic mass is 19.1. The van der Waals surface area contributed by atoms with E-state index in [4.69, 9.17) is 10.8 Å². The summed E-state index contributed by atoms with van der Waals surface area (Å²) in [6.45, 7) is 3.37. The molecule has 1 heterocycles. The molecule has 1 aromatic rings. The van der Waals surface area contributed by atoms with Crippen LogP contribution in [0.2, 0.25) is 0 Å². The summed E-state index contributed by atoms with van der Waals surface area (Å²) >= 11 is 0. The third-order valence-corrected chi connectivity index (χ3v) is 3.22. The number of nitrogens with zero attached hydrogens (tertiary/aromatic N) is 2. The van der Waals surface area contributed by atoms with E-state index >= 15 is 0 Å². The normalized spacial score (nSPS) is 20.0. The smallest absolute Gasteiger partial charge is 0.407 e. The third-order valence-electron chi connectivity index (χ3n) is 3.22. The van der Waals surface area contributed by atoms with Gasteiger partial charge >= 0.3 is 6.09 Å². The molecule has 1 unspecified atom stereocenters. The number of piperazine rings is 1. The summed E-state index contributed by atoms with van der Waals surface area (Å²) in [7, 11) is 0. The zero-order chi connectivity index (χ0) is 13.3. The lowest BCUT2D eigenvalue weighted by molar-refractivity contribution is 0.122. The molecule has 6 heteroatoms. The van der Waals surface area contributed by atoms with Crippen LogP contribution in [0.5, 0.6) is 0 Å². The summed E-state index contributed by atoms with van der Waals surface area (Å²) in [5.41, 5.74) is 6.28. The van der Waals surface area contributed by atoms with Gasteiger partial charge in [0, 0.05) is 31.4 Å². The number of benzene rings is 1. The van der Waals surface area contributed by atoms with Crippen molar-refractivity contribution in [1.82, 2.24) is 4.90 Å². The molecular weight excluding hydrogens is 237 g/mol. The Kier molecular flexibility index (Phi) is 3.27. The minimum Gasteiger partial charge on any atom is -0.465 e. The molecule has 1 aliphatic rings.